The Morgan fingerprint density at radius 3 is 2.89 bits per heavy atom. The van der Waals surface area contributed by atoms with Crippen molar-refractivity contribution in [2.75, 3.05) is 51.9 Å². The molecule has 2 aliphatic rings. The molecule has 3 rings (SSSR count). The van der Waals surface area contributed by atoms with E-state index in [1.54, 1.807) is 6.92 Å². The van der Waals surface area contributed by atoms with Gasteiger partial charge in [-0.2, -0.15) is 0 Å². The van der Waals surface area contributed by atoms with Crippen LogP contribution in [0.5, 0.6) is 0 Å². The minimum Gasteiger partial charge on any atom is -0.480 e. The fourth-order valence-electron chi connectivity index (χ4n) is 4.65. The van der Waals surface area contributed by atoms with Crippen LogP contribution in [0.4, 0.5) is 10.2 Å². The molecule has 0 saturated heterocycles. The Hall–Kier alpha value is -3.25. The molecule has 2 aliphatic heterocycles. The summed E-state index contributed by atoms with van der Waals surface area (Å²) in [5.41, 5.74) is 9.15. The van der Waals surface area contributed by atoms with Gasteiger partial charge in [0, 0.05) is 32.4 Å². The molecule has 1 aromatic rings. The minimum absolute atomic E-state index is 0.0123. The summed E-state index contributed by atoms with van der Waals surface area (Å²) in [5, 5.41) is 26.9. The Kier molecular flexibility index (Phi) is 11.3. The van der Waals surface area contributed by atoms with Crippen molar-refractivity contribution in [2.45, 2.75) is 57.7 Å². The van der Waals surface area contributed by atoms with E-state index in [4.69, 9.17) is 20.9 Å². The number of aliphatic carboxylic acids is 1. The van der Waals surface area contributed by atoms with Gasteiger partial charge in [-0.1, -0.05) is 6.07 Å². The molecule has 2 atom stereocenters. The maximum absolute atomic E-state index is 14.4. The number of carboxylic acid groups (broad SMARTS) is 1. The van der Waals surface area contributed by atoms with Crippen LogP contribution in [0, 0.1) is 5.41 Å². The summed E-state index contributed by atoms with van der Waals surface area (Å²) in [6.07, 6.45) is 3.80. The van der Waals surface area contributed by atoms with Gasteiger partial charge >= 0.3 is 5.97 Å². The minimum atomic E-state index is -1.17. The molecule has 0 bridgehead atoms. The van der Waals surface area contributed by atoms with E-state index >= 15 is 0 Å². The molecule has 7 N–H and O–H groups in total. The van der Waals surface area contributed by atoms with Gasteiger partial charge in [0.05, 0.1) is 18.0 Å². The fraction of sp³-hybridized carbons (Fsp3) is 0.615. The van der Waals surface area contributed by atoms with E-state index in [2.05, 4.69) is 33.1 Å². The van der Waals surface area contributed by atoms with E-state index in [1.807, 2.05) is 4.90 Å². The number of unbranched alkanes of at least 4 members (excludes halogenated alkanes) is 1. The third-order valence-electron chi connectivity index (χ3n) is 6.64. The first kappa shape index (κ1) is 29.3. The number of fused-ring (bicyclic) bond motifs is 1. The second-order valence-corrected chi connectivity index (χ2v) is 9.73. The fourth-order valence-corrected chi connectivity index (χ4v) is 4.65. The molecule has 210 valence electrons. The van der Waals surface area contributed by atoms with Crippen LogP contribution >= 0.6 is 0 Å². The number of ether oxygens (including phenoxy) is 1. The lowest BCUT2D eigenvalue weighted by molar-refractivity contribution is -0.139. The molecule has 0 amide bonds. The number of anilines is 1. The molecular weight excluding hydrogens is 491 g/mol. The molecule has 12 heteroatoms. The van der Waals surface area contributed by atoms with Gasteiger partial charge in [0.25, 0.3) is 0 Å². The summed E-state index contributed by atoms with van der Waals surface area (Å²) in [4.78, 5) is 22.9. The number of aromatic nitrogens is 1. The van der Waals surface area contributed by atoms with Gasteiger partial charge in [0.2, 0.25) is 0 Å². The number of rotatable bonds is 16. The lowest BCUT2D eigenvalue weighted by Gasteiger charge is -2.27. The average Bonchev–Trinajstić information content (AvgIpc) is 2.89. The highest BCUT2D eigenvalue weighted by molar-refractivity contribution is 6.46. The number of nitrogens with one attached hydrogen (secondary N) is 4. The summed E-state index contributed by atoms with van der Waals surface area (Å²) >= 11 is 0. The van der Waals surface area contributed by atoms with E-state index in [1.165, 1.54) is 12.7 Å². The first-order chi connectivity index (χ1) is 18.3. The highest BCUT2D eigenvalue weighted by Gasteiger charge is 2.24. The second kappa shape index (κ2) is 14.6. The molecular formula is C26H41FN8O3. The molecule has 0 spiro atoms. The van der Waals surface area contributed by atoms with Crippen LogP contribution < -0.4 is 21.7 Å². The van der Waals surface area contributed by atoms with Crippen molar-refractivity contribution in [2.24, 2.45) is 10.7 Å². The molecule has 38 heavy (non-hydrogen) atoms. The zero-order valence-electron chi connectivity index (χ0n) is 22.4. The number of methoxy groups -OCH3 is 1. The Bertz CT molecular complexity index is 1030. The molecule has 0 fully saturated rings. The lowest BCUT2D eigenvalue weighted by Crippen LogP contribution is -2.47. The predicted octanol–water partition coefficient (Wildman–Crippen LogP) is 1.65. The number of halogens is 1. The number of aliphatic imine (C=N–C) groups is 1. The quantitative estimate of drug-likeness (QED) is 0.137. The van der Waals surface area contributed by atoms with Gasteiger partial charge in [-0.3, -0.25) is 4.99 Å². The van der Waals surface area contributed by atoms with Crippen molar-refractivity contribution in [1.82, 2.24) is 20.5 Å². The van der Waals surface area contributed by atoms with E-state index < -0.39 is 18.2 Å². The van der Waals surface area contributed by atoms with Crippen molar-refractivity contribution < 1.29 is 19.0 Å². The van der Waals surface area contributed by atoms with Crippen LogP contribution in [-0.4, -0.2) is 91.2 Å². The maximum Gasteiger partial charge on any atom is 0.326 e. The standard InChI is InChI=1S/C26H41FN8O3/c1-17(28)23-22(29)25(32-16-31-23)34-21(26(36)37)10-13-35(14-19(27)15-38-2)12-4-3-7-20-9-8-18-6-5-11-30-24(18)33-20/h8-9,19,21,28,32,34H,3-7,10-16,29H2,1-2H3,(H,30,33)(H,36,37)/t19-,21?/m0/s1. The SMILES string of the molecule is COC[C@@H](F)CN(CCCCc1ccc2c(n1)NCCC2)CCC(NC1=C(N)C(C(C)=N)=NCN1)C(=O)O. The highest BCUT2D eigenvalue weighted by atomic mass is 19.1. The summed E-state index contributed by atoms with van der Waals surface area (Å²) in [6, 6.07) is 3.28. The zero-order chi connectivity index (χ0) is 27.5. The second-order valence-electron chi connectivity index (χ2n) is 9.73. The molecule has 11 nitrogen and oxygen atoms in total. The average molecular weight is 533 g/mol. The first-order valence-corrected chi connectivity index (χ1v) is 13.2. The van der Waals surface area contributed by atoms with Gasteiger partial charge in [0.1, 0.15) is 36.2 Å². The monoisotopic (exact) mass is 532 g/mol. The topological polar surface area (TPSA) is 161 Å². The van der Waals surface area contributed by atoms with Crippen molar-refractivity contribution in [3.63, 3.8) is 0 Å². The summed E-state index contributed by atoms with van der Waals surface area (Å²) in [6.45, 7) is 3.89. The Morgan fingerprint density at radius 1 is 1.34 bits per heavy atom. The highest BCUT2D eigenvalue weighted by Crippen LogP contribution is 2.20. The van der Waals surface area contributed by atoms with Crippen LogP contribution in [0.1, 0.15) is 43.9 Å². The normalized spacial score (nSPS) is 16.7. The van der Waals surface area contributed by atoms with Gasteiger partial charge in [0.15, 0.2) is 0 Å². The molecule has 0 radical (unpaired) electrons. The van der Waals surface area contributed by atoms with Gasteiger partial charge < -0.3 is 41.8 Å². The van der Waals surface area contributed by atoms with Gasteiger partial charge in [-0.25, -0.2) is 14.2 Å². The largest absolute Gasteiger partial charge is 0.480 e. The van der Waals surface area contributed by atoms with Crippen LogP contribution in [0.2, 0.25) is 0 Å². The Labute approximate surface area is 223 Å². The smallest absolute Gasteiger partial charge is 0.326 e. The number of aryl methyl sites for hydroxylation is 2. The van der Waals surface area contributed by atoms with Gasteiger partial charge in [-0.15, -0.1) is 0 Å². The van der Waals surface area contributed by atoms with E-state index in [0.29, 0.717) is 24.6 Å². The Morgan fingerprint density at radius 2 is 2.16 bits per heavy atom. The zero-order valence-corrected chi connectivity index (χ0v) is 22.4. The maximum atomic E-state index is 14.4. The molecule has 0 aromatic carbocycles. The number of hydrogen-bond acceptors (Lipinski definition) is 10. The molecule has 0 saturated carbocycles. The van der Waals surface area contributed by atoms with Crippen molar-refractivity contribution >= 4 is 23.2 Å². The summed E-state index contributed by atoms with van der Waals surface area (Å²) in [7, 11) is 1.46. The van der Waals surface area contributed by atoms with Crippen LogP contribution in [0.15, 0.2) is 28.6 Å². The predicted molar refractivity (Wildman–Crippen MR) is 146 cm³/mol. The van der Waals surface area contributed by atoms with Crippen molar-refractivity contribution in [1.29, 1.82) is 5.41 Å². The first-order valence-electron chi connectivity index (χ1n) is 13.2. The molecule has 1 aromatic heterocycles. The van der Waals surface area contributed by atoms with E-state index in [9.17, 15) is 14.3 Å². The third-order valence-corrected chi connectivity index (χ3v) is 6.64. The number of pyridine rings is 1. The summed E-state index contributed by atoms with van der Waals surface area (Å²) in [5.74, 6) is 0.290. The molecule has 0 aliphatic carbocycles. The van der Waals surface area contributed by atoms with Crippen molar-refractivity contribution in [3.8, 4) is 0 Å². The van der Waals surface area contributed by atoms with Crippen LogP contribution in [0.3, 0.4) is 0 Å². The van der Waals surface area contributed by atoms with E-state index in [-0.39, 0.29) is 37.6 Å². The Balaban J connectivity index is 1.55. The number of carbonyl (C=O) groups is 1. The number of allylic oxidation sites excluding steroid dienone is 1. The molecule has 1 unspecified atom stereocenters. The number of carboxylic acids is 1. The van der Waals surface area contributed by atoms with Crippen LogP contribution in [0.25, 0.3) is 0 Å². The summed E-state index contributed by atoms with van der Waals surface area (Å²) < 4.78 is 19.4. The number of alkyl halides is 1. The van der Waals surface area contributed by atoms with Crippen molar-refractivity contribution in [3.05, 3.63) is 34.9 Å². The lowest BCUT2D eigenvalue weighted by atomic mass is 10.1. The van der Waals surface area contributed by atoms with E-state index in [0.717, 1.165) is 50.2 Å². The number of nitrogens with two attached hydrogens (primary N) is 1. The number of hydrogen-bond donors (Lipinski definition) is 6. The molecule has 3 heterocycles. The van der Waals surface area contributed by atoms with Crippen LogP contribution in [-0.2, 0) is 22.4 Å². The third kappa shape index (κ3) is 8.66. The van der Waals surface area contributed by atoms with Gasteiger partial charge in [-0.05, 0) is 63.6 Å². The number of nitrogens with zero attached hydrogens (tertiary/aromatic N) is 3.